The Morgan fingerprint density at radius 3 is 2.38 bits per heavy atom. The van der Waals surface area contributed by atoms with Crippen LogP contribution in [0.5, 0.6) is 0 Å². The fourth-order valence-corrected chi connectivity index (χ4v) is 4.48. The number of halogens is 4. The van der Waals surface area contributed by atoms with Gasteiger partial charge in [-0.05, 0) is 28.7 Å². The van der Waals surface area contributed by atoms with Crippen LogP contribution in [0.1, 0.15) is 60.9 Å². The smallest absolute Gasteiger partial charge is 0.403 e. The summed E-state index contributed by atoms with van der Waals surface area (Å²) in [6.07, 6.45) is -5.44. The van der Waals surface area contributed by atoms with Crippen molar-refractivity contribution in [3.05, 3.63) is 82.7 Å². The van der Waals surface area contributed by atoms with E-state index in [4.69, 9.17) is 11.6 Å². The summed E-state index contributed by atoms with van der Waals surface area (Å²) in [7, 11) is 0. The third kappa shape index (κ3) is 6.59. The van der Waals surface area contributed by atoms with E-state index in [2.05, 4.69) is 10.7 Å². The molecular formula is C26H31F4N5O2. The first kappa shape index (κ1) is 28.0. The van der Waals surface area contributed by atoms with Crippen molar-refractivity contribution in [2.45, 2.75) is 57.0 Å². The number of hydrogen-bond donors (Lipinski definition) is 4. The lowest BCUT2D eigenvalue weighted by Gasteiger charge is -2.28. The van der Waals surface area contributed by atoms with Crippen molar-refractivity contribution in [1.29, 1.82) is 0 Å². The summed E-state index contributed by atoms with van der Waals surface area (Å²) in [5.74, 6) is 3.71. The topological polar surface area (TPSA) is 113 Å². The molecule has 1 aliphatic rings. The molecule has 37 heavy (non-hydrogen) atoms. The molecule has 0 saturated carbocycles. The molecule has 2 amide bonds. The van der Waals surface area contributed by atoms with Crippen LogP contribution in [0, 0.1) is 0 Å². The third-order valence-corrected chi connectivity index (χ3v) is 6.36. The predicted molar refractivity (Wildman–Crippen MR) is 131 cm³/mol. The Kier molecular flexibility index (Phi) is 8.80. The Balaban J connectivity index is 1.96. The third-order valence-electron chi connectivity index (χ3n) is 6.36. The lowest BCUT2D eigenvalue weighted by molar-refractivity contribution is -0.138. The van der Waals surface area contributed by atoms with Crippen LogP contribution in [0.4, 0.5) is 17.6 Å². The van der Waals surface area contributed by atoms with Crippen LogP contribution in [0.2, 0.25) is 0 Å². The molecule has 0 bridgehead atoms. The minimum absolute atomic E-state index is 0.138. The summed E-state index contributed by atoms with van der Waals surface area (Å²) >= 11 is 0. The van der Waals surface area contributed by atoms with Gasteiger partial charge in [-0.2, -0.15) is 13.2 Å². The van der Waals surface area contributed by atoms with Crippen molar-refractivity contribution < 1.29 is 27.2 Å². The quantitative estimate of drug-likeness (QED) is 0.241. The number of amides is 2. The van der Waals surface area contributed by atoms with Crippen LogP contribution in [0.3, 0.4) is 0 Å². The molecule has 6 N–H and O–H groups in total. The van der Waals surface area contributed by atoms with Crippen molar-refractivity contribution in [2.75, 3.05) is 6.54 Å². The van der Waals surface area contributed by atoms with E-state index >= 15 is 0 Å². The zero-order chi connectivity index (χ0) is 27.3. The van der Waals surface area contributed by atoms with Crippen LogP contribution >= 0.6 is 0 Å². The average molecular weight is 522 g/mol. The molecule has 1 unspecified atom stereocenters. The SMILES string of the molecule is CC(C)c1ccc(C(NC(=O)[C@@H]2C[C@@H](F)CN2C(=O)C/C(=C/N)NN)c2ccccc2)cc1C(F)(F)F. The summed E-state index contributed by atoms with van der Waals surface area (Å²) in [4.78, 5) is 27.3. The molecular weight excluding hydrogens is 490 g/mol. The number of benzene rings is 2. The van der Waals surface area contributed by atoms with Crippen LogP contribution in [-0.2, 0) is 15.8 Å². The molecule has 0 radical (unpaired) electrons. The molecule has 0 aliphatic carbocycles. The number of nitrogens with zero attached hydrogens (tertiary/aromatic N) is 1. The number of likely N-dealkylation sites (tertiary alicyclic amines) is 1. The van der Waals surface area contributed by atoms with E-state index in [9.17, 15) is 27.2 Å². The number of hydrogen-bond acceptors (Lipinski definition) is 5. The Labute approximate surface area is 212 Å². The first-order valence-electron chi connectivity index (χ1n) is 11.8. The van der Waals surface area contributed by atoms with Crippen LogP contribution in [0.15, 0.2) is 60.4 Å². The second-order valence-electron chi connectivity index (χ2n) is 9.26. The van der Waals surface area contributed by atoms with E-state index in [0.29, 0.717) is 5.56 Å². The van der Waals surface area contributed by atoms with Gasteiger partial charge in [0.1, 0.15) is 12.2 Å². The molecule has 11 heteroatoms. The lowest BCUT2D eigenvalue weighted by atomic mass is 9.90. The highest BCUT2D eigenvalue weighted by atomic mass is 19.4. The number of hydrazine groups is 1. The Morgan fingerprint density at radius 2 is 1.81 bits per heavy atom. The molecule has 2 aromatic carbocycles. The highest BCUT2D eigenvalue weighted by molar-refractivity contribution is 5.89. The highest BCUT2D eigenvalue weighted by Crippen LogP contribution is 2.38. The maximum atomic E-state index is 14.4. The predicted octanol–water partition coefficient (Wildman–Crippen LogP) is 3.63. The summed E-state index contributed by atoms with van der Waals surface area (Å²) in [5, 5.41) is 2.76. The standard InChI is InChI=1S/C26H31F4N5O2/c1-15(2)20-9-8-17(10-21(20)26(28,29)30)24(16-6-4-3-5-7-16)33-25(37)22-11-18(27)14-35(22)23(36)12-19(13-31)34-32/h3-10,13,15,18,22,24,34H,11-12,14,31-32H2,1-2H3,(H,33,37)/b19-13-/t18-,22+,24?/m1/s1. The van der Waals surface area contributed by atoms with Gasteiger partial charge >= 0.3 is 6.18 Å². The molecule has 1 fully saturated rings. The van der Waals surface area contributed by atoms with Crippen LogP contribution < -0.4 is 22.3 Å². The van der Waals surface area contributed by atoms with E-state index in [1.807, 2.05) is 0 Å². The van der Waals surface area contributed by atoms with Gasteiger partial charge in [-0.3, -0.25) is 15.4 Å². The zero-order valence-corrected chi connectivity index (χ0v) is 20.6. The average Bonchev–Trinajstić information content (AvgIpc) is 3.27. The van der Waals surface area contributed by atoms with Crippen molar-refractivity contribution in [3.8, 4) is 0 Å². The molecule has 3 rings (SSSR count). The summed E-state index contributed by atoms with van der Waals surface area (Å²) in [6, 6.07) is 10.4. The number of nitrogens with two attached hydrogens (primary N) is 2. The van der Waals surface area contributed by atoms with Gasteiger partial charge in [-0.15, -0.1) is 0 Å². The van der Waals surface area contributed by atoms with Crippen molar-refractivity contribution in [2.24, 2.45) is 11.6 Å². The summed E-state index contributed by atoms with van der Waals surface area (Å²) in [6.45, 7) is 3.05. The van der Waals surface area contributed by atoms with Gasteiger partial charge in [0.2, 0.25) is 11.8 Å². The molecule has 0 aromatic heterocycles. The largest absolute Gasteiger partial charge is 0.416 e. The maximum absolute atomic E-state index is 14.4. The summed E-state index contributed by atoms with van der Waals surface area (Å²) in [5.41, 5.74) is 7.97. The number of nitrogens with one attached hydrogen (secondary N) is 2. The van der Waals surface area contributed by atoms with Crippen molar-refractivity contribution in [3.63, 3.8) is 0 Å². The van der Waals surface area contributed by atoms with E-state index in [-0.39, 0.29) is 42.1 Å². The molecule has 1 heterocycles. The second-order valence-corrected chi connectivity index (χ2v) is 9.26. The van der Waals surface area contributed by atoms with Crippen LogP contribution in [0.25, 0.3) is 0 Å². The van der Waals surface area contributed by atoms with Gasteiger partial charge in [0.05, 0.1) is 30.3 Å². The molecule has 200 valence electrons. The van der Waals surface area contributed by atoms with Gasteiger partial charge in [0.25, 0.3) is 0 Å². The van der Waals surface area contributed by atoms with E-state index in [1.54, 1.807) is 50.2 Å². The highest BCUT2D eigenvalue weighted by Gasteiger charge is 2.41. The molecule has 7 nitrogen and oxygen atoms in total. The maximum Gasteiger partial charge on any atom is 0.416 e. The number of alkyl halides is 4. The fourth-order valence-electron chi connectivity index (χ4n) is 4.48. The molecule has 1 aliphatic heterocycles. The van der Waals surface area contributed by atoms with E-state index in [0.717, 1.165) is 17.2 Å². The van der Waals surface area contributed by atoms with Gasteiger partial charge in [0, 0.05) is 12.6 Å². The van der Waals surface area contributed by atoms with Crippen molar-refractivity contribution in [1.82, 2.24) is 15.6 Å². The zero-order valence-electron chi connectivity index (χ0n) is 20.6. The second kappa shape index (κ2) is 11.6. The number of rotatable bonds is 8. The fraction of sp³-hybridized carbons (Fsp3) is 0.385. The van der Waals surface area contributed by atoms with E-state index in [1.165, 1.54) is 6.07 Å². The van der Waals surface area contributed by atoms with E-state index < -0.39 is 41.8 Å². The van der Waals surface area contributed by atoms with Gasteiger partial charge in [-0.25, -0.2) is 4.39 Å². The first-order chi connectivity index (χ1) is 17.5. The first-order valence-corrected chi connectivity index (χ1v) is 11.8. The van der Waals surface area contributed by atoms with Gasteiger partial charge in [-0.1, -0.05) is 56.3 Å². The van der Waals surface area contributed by atoms with Crippen LogP contribution in [-0.4, -0.2) is 35.5 Å². The Morgan fingerprint density at radius 1 is 1.14 bits per heavy atom. The number of carbonyl (C=O) groups excluding carboxylic acids is 2. The number of carbonyl (C=O) groups is 2. The normalized spacial score (nSPS) is 19.1. The Hall–Kier alpha value is -3.60. The Bertz CT molecular complexity index is 1140. The lowest BCUT2D eigenvalue weighted by Crippen LogP contribution is -2.47. The molecule has 1 saturated heterocycles. The van der Waals surface area contributed by atoms with Gasteiger partial charge < -0.3 is 21.4 Å². The minimum atomic E-state index is -4.60. The van der Waals surface area contributed by atoms with Crippen molar-refractivity contribution >= 4 is 11.8 Å². The monoisotopic (exact) mass is 521 g/mol. The minimum Gasteiger partial charge on any atom is -0.403 e. The molecule has 0 spiro atoms. The molecule has 2 aromatic rings. The summed E-state index contributed by atoms with van der Waals surface area (Å²) < 4.78 is 56.1. The van der Waals surface area contributed by atoms with Gasteiger partial charge in [0.15, 0.2) is 0 Å². The molecule has 3 atom stereocenters.